The number of anilines is 1. The minimum absolute atomic E-state index is 0.00372. The molecule has 2 aromatic rings. The van der Waals surface area contributed by atoms with E-state index in [-0.39, 0.29) is 12.0 Å². The molecule has 0 bridgehead atoms. The first-order chi connectivity index (χ1) is 12.3. The summed E-state index contributed by atoms with van der Waals surface area (Å²) in [5.41, 5.74) is 1.63. The number of nitrogens with one attached hydrogen (secondary N) is 1. The topological polar surface area (TPSA) is 47.6 Å². The summed E-state index contributed by atoms with van der Waals surface area (Å²) in [5.74, 6) is 0.626. The van der Waals surface area contributed by atoms with Gasteiger partial charge in [0.05, 0.1) is 13.2 Å². The lowest BCUT2D eigenvalue weighted by molar-refractivity contribution is -0.154. The van der Waals surface area contributed by atoms with Crippen LogP contribution >= 0.6 is 15.9 Å². The number of ether oxygens (including phenoxy) is 2. The smallest absolute Gasteiger partial charge is 0.306 e. The predicted molar refractivity (Wildman–Crippen MR) is 109 cm³/mol. The first-order valence-corrected chi connectivity index (χ1v) is 9.44. The fourth-order valence-electron chi connectivity index (χ4n) is 2.56. The van der Waals surface area contributed by atoms with Crippen LogP contribution in [0.25, 0.3) is 0 Å². The van der Waals surface area contributed by atoms with Crippen molar-refractivity contribution in [2.45, 2.75) is 45.3 Å². The Morgan fingerprint density at radius 2 is 1.69 bits per heavy atom. The van der Waals surface area contributed by atoms with Crippen LogP contribution < -0.4 is 10.1 Å². The number of hydrogen-bond donors (Lipinski definition) is 1. The zero-order valence-electron chi connectivity index (χ0n) is 15.7. The molecule has 0 aliphatic heterocycles. The van der Waals surface area contributed by atoms with Crippen LogP contribution in [0.5, 0.6) is 5.75 Å². The summed E-state index contributed by atoms with van der Waals surface area (Å²) < 4.78 is 11.7. The summed E-state index contributed by atoms with van der Waals surface area (Å²) in [6.07, 6.45) is 0.990. The molecule has 0 aromatic heterocycles. The minimum atomic E-state index is -0.465. The maximum Gasteiger partial charge on any atom is 0.306 e. The molecule has 0 amide bonds. The molecule has 0 radical (unpaired) electrons. The maximum absolute atomic E-state index is 12.1. The number of benzene rings is 2. The fourth-order valence-corrected chi connectivity index (χ4v) is 2.82. The van der Waals surface area contributed by atoms with Crippen molar-refractivity contribution in [2.24, 2.45) is 0 Å². The van der Waals surface area contributed by atoms with E-state index in [1.165, 1.54) is 0 Å². The van der Waals surface area contributed by atoms with Gasteiger partial charge in [-0.15, -0.1) is 0 Å². The molecule has 0 aliphatic rings. The molecule has 26 heavy (non-hydrogen) atoms. The highest BCUT2D eigenvalue weighted by Gasteiger charge is 2.19. The van der Waals surface area contributed by atoms with Gasteiger partial charge in [0.1, 0.15) is 11.4 Å². The Kier molecular flexibility index (Phi) is 7.09. The highest BCUT2D eigenvalue weighted by atomic mass is 79.9. The molecule has 0 heterocycles. The molecule has 2 aromatic carbocycles. The summed E-state index contributed by atoms with van der Waals surface area (Å²) in [6.45, 7) is 5.64. The lowest BCUT2D eigenvalue weighted by Gasteiger charge is -2.23. The highest BCUT2D eigenvalue weighted by Crippen LogP contribution is 2.27. The van der Waals surface area contributed by atoms with Gasteiger partial charge >= 0.3 is 5.97 Å². The van der Waals surface area contributed by atoms with Crippen molar-refractivity contribution in [1.29, 1.82) is 0 Å². The zero-order valence-corrected chi connectivity index (χ0v) is 17.3. The molecule has 0 spiro atoms. The van der Waals surface area contributed by atoms with Gasteiger partial charge < -0.3 is 14.8 Å². The van der Waals surface area contributed by atoms with Crippen molar-refractivity contribution in [2.75, 3.05) is 12.4 Å². The van der Waals surface area contributed by atoms with Crippen molar-refractivity contribution in [3.63, 3.8) is 0 Å². The third-order valence-corrected chi connectivity index (χ3v) is 4.29. The van der Waals surface area contributed by atoms with Crippen LogP contribution in [0.2, 0.25) is 0 Å². The number of carbonyl (C=O) groups excluding carboxylic acids is 1. The molecular formula is C21H26BrNO3. The Morgan fingerprint density at radius 3 is 2.23 bits per heavy atom. The van der Waals surface area contributed by atoms with Crippen LogP contribution in [0.1, 0.15) is 45.2 Å². The summed E-state index contributed by atoms with van der Waals surface area (Å²) in [4.78, 5) is 12.1. The maximum atomic E-state index is 12.1. The zero-order chi connectivity index (χ0) is 19.2. The molecule has 1 unspecified atom stereocenters. The van der Waals surface area contributed by atoms with E-state index in [1.807, 2.05) is 57.2 Å². The van der Waals surface area contributed by atoms with Gasteiger partial charge in [0, 0.05) is 16.6 Å². The standard InChI is InChI=1S/C21H26BrNO3/c1-21(2,3)26-20(24)14-13-19(15-5-7-16(22)8-6-15)23-17-9-11-18(25-4)12-10-17/h5-12,19,23H,13-14H2,1-4H3. The number of esters is 1. The Morgan fingerprint density at radius 1 is 1.08 bits per heavy atom. The van der Waals surface area contributed by atoms with Gasteiger partial charge in [0.2, 0.25) is 0 Å². The van der Waals surface area contributed by atoms with Crippen molar-refractivity contribution in [3.8, 4) is 5.75 Å². The van der Waals surface area contributed by atoms with Gasteiger partial charge in [-0.3, -0.25) is 4.79 Å². The van der Waals surface area contributed by atoms with Gasteiger partial charge in [-0.05, 0) is 69.2 Å². The van der Waals surface area contributed by atoms with Gasteiger partial charge in [-0.25, -0.2) is 0 Å². The molecule has 0 saturated carbocycles. The molecular weight excluding hydrogens is 394 g/mol. The van der Waals surface area contributed by atoms with E-state index in [4.69, 9.17) is 9.47 Å². The van der Waals surface area contributed by atoms with Crippen LogP contribution in [0.4, 0.5) is 5.69 Å². The number of hydrogen-bond acceptors (Lipinski definition) is 4. The Hall–Kier alpha value is -2.01. The monoisotopic (exact) mass is 419 g/mol. The van der Waals surface area contributed by atoms with E-state index in [0.717, 1.165) is 21.5 Å². The number of carbonyl (C=O) groups is 1. The average Bonchev–Trinajstić information content (AvgIpc) is 2.58. The highest BCUT2D eigenvalue weighted by molar-refractivity contribution is 9.10. The first-order valence-electron chi connectivity index (χ1n) is 8.65. The van der Waals surface area contributed by atoms with Crippen LogP contribution in [0.3, 0.4) is 0 Å². The molecule has 0 saturated heterocycles. The molecule has 140 valence electrons. The Balaban J connectivity index is 2.10. The van der Waals surface area contributed by atoms with Gasteiger partial charge in [0.25, 0.3) is 0 Å². The summed E-state index contributed by atoms with van der Waals surface area (Å²) in [7, 11) is 1.65. The third kappa shape index (κ3) is 6.71. The third-order valence-electron chi connectivity index (χ3n) is 3.76. The fraction of sp³-hybridized carbons (Fsp3) is 0.381. The van der Waals surface area contributed by atoms with Crippen molar-refractivity contribution in [1.82, 2.24) is 0 Å². The normalized spacial score (nSPS) is 12.3. The second-order valence-electron chi connectivity index (χ2n) is 7.10. The van der Waals surface area contributed by atoms with Crippen LogP contribution in [0, 0.1) is 0 Å². The number of halogens is 1. The Labute approximate surface area is 164 Å². The summed E-state index contributed by atoms with van der Waals surface area (Å²) in [5, 5.41) is 3.51. The first kappa shape index (κ1) is 20.3. The van der Waals surface area contributed by atoms with Crippen LogP contribution in [-0.4, -0.2) is 18.7 Å². The molecule has 1 N–H and O–H groups in total. The van der Waals surface area contributed by atoms with Crippen LogP contribution in [-0.2, 0) is 9.53 Å². The van der Waals surface area contributed by atoms with Gasteiger partial charge in [-0.1, -0.05) is 28.1 Å². The molecule has 5 heteroatoms. The molecule has 1 atom stereocenters. The second kappa shape index (κ2) is 9.08. The number of methoxy groups -OCH3 is 1. The summed E-state index contributed by atoms with van der Waals surface area (Å²) >= 11 is 3.46. The minimum Gasteiger partial charge on any atom is -0.497 e. The lowest BCUT2D eigenvalue weighted by atomic mass is 10.0. The van der Waals surface area contributed by atoms with E-state index in [1.54, 1.807) is 7.11 Å². The van der Waals surface area contributed by atoms with Crippen molar-refractivity contribution >= 4 is 27.6 Å². The van der Waals surface area contributed by atoms with Crippen molar-refractivity contribution < 1.29 is 14.3 Å². The second-order valence-corrected chi connectivity index (χ2v) is 8.02. The Bertz CT molecular complexity index is 706. The van der Waals surface area contributed by atoms with Crippen LogP contribution in [0.15, 0.2) is 53.0 Å². The van der Waals surface area contributed by atoms with Gasteiger partial charge in [-0.2, -0.15) is 0 Å². The predicted octanol–water partition coefficient (Wildman–Crippen LogP) is 5.73. The van der Waals surface area contributed by atoms with Crippen molar-refractivity contribution in [3.05, 3.63) is 58.6 Å². The molecule has 0 aliphatic carbocycles. The number of rotatable bonds is 7. The van der Waals surface area contributed by atoms with Gasteiger partial charge in [0.15, 0.2) is 0 Å². The van der Waals surface area contributed by atoms with E-state index in [0.29, 0.717) is 12.8 Å². The molecule has 0 fully saturated rings. The van der Waals surface area contributed by atoms with E-state index < -0.39 is 5.60 Å². The largest absolute Gasteiger partial charge is 0.497 e. The SMILES string of the molecule is COc1ccc(NC(CCC(=O)OC(C)(C)C)c2ccc(Br)cc2)cc1. The molecule has 2 rings (SSSR count). The average molecular weight is 420 g/mol. The lowest BCUT2D eigenvalue weighted by Crippen LogP contribution is -2.24. The summed E-state index contributed by atoms with van der Waals surface area (Å²) in [6, 6.07) is 15.9. The quantitative estimate of drug-likeness (QED) is 0.581. The van der Waals surface area contributed by atoms with E-state index in [2.05, 4.69) is 33.4 Å². The van der Waals surface area contributed by atoms with E-state index >= 15 is 0 Å². The molecule has 4 nitrogen and oxygen atoms in total. The van der Waals surface area contributed by atoms with E-state index in [9.17, 15) is 4.79 Å².